The Morgan fingerprint density at radius 2 is 2.19 bits per heavy atom. The molecule has 1 fully saturated rings. The van der Waals surface area contributed by atoms with E-state index in [4.69, 9.17) is 4.74 Å². The van der Waals surface area contributed by atoms with Crippen LogP contribution in [0.2, 0.25) is 0 Å². The SMILES string of the molecule is CNC(=O)C1COCCN1c1cc(NC)cc([N+](=O)[O-])c1. The molecule has 0 aromatic heterocycles. The van der Waals surface area contributed by atoms with E-state index in [0.29, 0.717) is 24.5 Å². The molecule has 1 unspecified atom stereocenters. The fraction of sp³-hybridized carbons (Fsp3) is 0.462. The van der Waals surface area contributed by atoms with Gasteiger partial charge in [-0.05, 0) is 6.07 Å². The standard InChI is InChI=1S/C13H18N4O4/c1-14-9-5-10(7-11(6-9)17(19)20)16-3-4-21-8-12(16)13(18)15-2/h5-7,12,14H,3-4,8H2,1-2H3,(H,15,18). The molecule has 8 nitrogen and oxygen atoms in total. The Morgan fingerprint density at radius 1 is 1.43 bits per heavy atom. The lowest BCUT2D eigenvalue weighted by molar-refractivity contribution is -0.384. The second kappa shape index (κ2) is 6.40. The van der Waals surface area contributed by atoms with E-state index in [9.17, 15) is 14.9 Å². The molecule has 1 aliphatic rings. The molecule has 2 N–H and O–H groups in total. The largest absolute Gasteiger partial charge is 0.388 e. The first-order chi connectivity index (χ1) is 10.1. The number of benzene rings is 1. The third kappa shape index (κ3) is 3.22. The van der Waals surface area contributed by atoms with Crippen LogP contribution in [0.1, 0.15) is 0 Å². The van der Waals surface area contributed by atoms with Gasteiger partial charge in [0, 0.05) is 44.1 Å². The molecular weight excluding hydrogens is 276 g/mol. The molecule has 114 valence electrons. The van der Waals surface area contributed by atoms with Gasteiger partial charge in [-0.15, -0.1) is 0 Å². The lowest BCUT2D eigenvalue weighted by atomic mass is 10.1. The Kier molecular flexibility index (Phi) is 4.59. The molecule has 0 bridgehead atoms. The van der Waals surface area contributed by atoms with Crippen molar-refractivity contribution in [2.24, 2.45) is 0 Å². The number of carbonyl (C=O) groups excluding carboxylic acids is 1. The van der Waals surface area contributed by atoms with Crippen molar-refractivity contribution in [2.45, 2.75) is 6.04 Å². The van der Waals surface area contributed by atoms with Crippen molar-refractivity contribution in [1.82, 2.24) is 5.32 Å². The predicted octanol–water partition coefficient (Wildman–Crippen LogP) is 0.588. The first-order valence-electron chi connectivity index (χ1n) is 6.60. The average Bonchev–Trinajstić information content (AvgIpc) is 2.53. The predicted molar refractivity (Wildman–Crippen MR) is 78.7 cm³/mol. The maximum atomic E-state index is 11.9. The lowest BCUT2D eigenvalue weighted by Gasteiger charge is -2.36. The summed E-state index contributed by atoms with van der Waals surface area (Å²) < 4.78 is 5.34. The van der Waals surface area contributed by atoms with E-state index in [1.807, 2.05) is 4.90 Å². The molecule has 2 rings (SSSR count). The Balaban J connectivity index is 2.39. The Morgan fingerprint density at radius 3 is 2.81 bits per heavy atom. The average molecular weight is 294 g/mol. The molecule has 1 saturated heterocycles. The molecule has 1 heterocycles. The van der Waals surface area contributed by atoms with Gasteiger partial charge >= 0.3 is 0 Å². The number of nitro groups is 1. The van der Waals surface area contributed by atoms with Gasteiger partial charge in [-0.3, -0.25) is 14.9 Å². The smallest absolute Gasteiger partial charge is 0.273 e. The molecule has 1 aromatic rings. The van der Waals surface area contributed by atoms with Crippen LogP contribution in [0.3, 0.4) is 0 Å². The van der Waals surface area contributed by atoms with E-state index < -0.39 is 11.0 Å². The van der Waals surface area contributed by atoms with Crippen molar-refractivity contribution in [3.63, 3.8) is 0 Å². The van der Waals surface area contributed by atoms with E-state index in [2.05, 4.69) is 10.6 Å². The normalized spacial score (nSPS) is 18.2. The van der Waals surface area contributed by atoms with Gasteiger partial charge in [0.25, 0.3) is 5.69 Å². The number of nitrogens with one attached hydrogen (secondary N) is 2. The highest BCUT2D eigenvalue weighted by Crippen LogP contribution is 2.29. The van der Waals surface area contributed by atoms with Crippen molar-refractivity contribution in [2.75, 3.05) is 44.1 Å². The number of hydrogen-bond donors (Lipinski definition) is 2. The van der Waals surface area contributed by atoms with E-state index in [-0.39, 0.29) is 18.2 Å². The first-order valence-corrected chi connectivity index (χ1v) is 6.60. The highest BCUT2D eigenvalue weighted by Gasteiger charge is 2.30. The number of ether oxygens (including phenoxy) is 1. The second-order valence-electron chi connectivity index (χ2n) is 4.64. The van der Waals surface area contributed by atoms with Gasteiger partial charge < -0.3 is 20.3 Å². The number of nitrogens with zero attached hydrogens (tertiary/aromatic N) is 2. The second-order valence-corrected chi connectivity index (χ2v) is 4.64. The first kappa shape index (κ1) is 15.0. The Hall–Kier alpha value is -2.35. The summed E-state index contributed by atoms with van der Waals surface area (Å²) in [5, 5.41) is 16.5. The molecule has 0 spiro atoms. The molecule has 0 saturated carbocycles. The van der Waals surface area contributed by atoms with Gasteiger partial charge in [0.1, 0.15) is 6.04 Å². The molecule has 8 heteroatoms. The number of anilines is 2. The minimum atomic E-state index is -0.490. The number of amides is 1. The lowest BCUT2D eigenvalue weighted by Crippen LogP contribution is -2.53. The van der Waals surface area contributed by atoms with Crippen LogP contribution in [0.5, 0.6) is 0 Å². The molecule has 1 aromatic carbocycles. The number of likely N-dealkylation sites (N-methyl/N-ethyl adjacent to an activating group) is 1. The van der Waals surface area contributed by atoms with Crippen LogP contribution < -0.4 is 15.5 Å². The van der Waals surface area contributed by atoms with Gasteiger partial charge in [0.05, 0.1) is 18.1 Å². The number of nitro benzene ring substituents is 1. The maximum absolute atomic E-state index is 11.9. The minimum absolute atomic E-state index is 0.0148. The molecule has 0 radical (unpaired) electrons. The van der Waals surface area contributed by atoms with Crippen LogP contribution in [0.25, 0.3) is 0 Å². The summed E-state index contributed by atoms with van der Waals surface area (Å²) in [6.07, 6.45) is 0. The molecule has 1 aliphatic heterocycles. The fourth-order valence-corrected chi connectivity index (χ4v) is 2.31. The van der Waals surface area contributed by atoms with Crippen LogP contribution in [0, 0.1) is 10.1 Å². The molecule has 1 atom stereocenters. The molecular formula is C13H18N4O4. The van der Waals surface area contributed by atoms with Crippen LogP contribution in [0.4, 0.5) is 17.1 Å². The number of non-ortho nitro benzene ring substituents is 1. The van der Waals surface area contributed by atoms with E-state index >= 15 is 0 Å². The monoisotopic (exact) mass is 294 g/mol. The van der Waals surface area contributed by atoms with Gasteiger partial charge in [-0.2, -0.15) is 0 Å². The quantitative estimate of drug-likeness (QED) is 0.623. The highest BCUT2D eigenvalue weighted by molar-refractivity contribution is 5.86. The van der Waals surface area contributed by atoms with Crippen molar-refractivity contribution in [3.8, 4) is 0 Å². The van der Waals surface area contributed by atoms with Gasteiger partial charge in [-0.1, -0.05) is 0 Å². The molecule has 21 heavy (non-hydrogen) atoms. The number of hydrogen-bond acceptors (Lipinski definition) is 6. The van der Waals surface area contributed by atoms with E-state index in [0.717, 1.165) is 0 Å². The van der Waals surface area contributed by atoms with Gasteiger partial charge in [0.2, 0.25) is 5.91 Å². The van der Waals surface area contributed by atoms with Gasteiger partial charge in [0.15, 0.2) is 0 Å². The van der Waals surface area contributed by atoms with Crippen molar-refractivity contribution in [1.29, 1.82) is 0 Å². The zero-order chi connectivity index (χ0) is 15.4. The van der Waals surface area contributed by atoms with Crippen molar-refractivity contribution >= 4 is 23.0 Å². The maximum Gasteiger partial charge on any atom is 0.273 e. The van der Waals surface area contributed by atoms with Crippen LogP contribution in [0.15, 0.2) is 18.2 Å². The van der Waals surface area contributed by atoms with E-state index in [1.54, 1.807) is 20.2 Å². The minimum Gasteiger partial charge on any atom is -0.388 e. The van der Waals surface area contributed by atoms with Crippen molar-refractivity contribution < 1.29 is 14.5 Å². The molecule has 0 aliphatic carbocycles. The third-order valence-electron chi connectivity index (χ3n) is 3.41. The van der Waals surface area contributed by atoms with Gasteiger partial charge in [-0.25, -0.2) is 0 Å². The zero-order valence-corrected chi connectivity index (χ0v) is 12.0. The van der Waals surface area contributed by atoms with E-state index in [1.165, 1.54) is 12.1 Å². The summed E-state index contributed by atoms with van der Waals surface area (Å²) in [5.74, 6) is -0.174. The van der Waals surface area contributed by atoms with Crippen LogP contribution in [-0.4, -0.2) is 50.7 Å². The summed E-state index contributed by atoms with van der Waals surface area (Å²) >= 11 is 0. The summed E-state index contributed by atoms with van der Waals surface area (Å²) in [5.41, 5.74) is 1.24. The third-order valence-corrected chi connectivity index (χ3v) is 3.41. The van der Waals surface area contributed by atoms with Crippen molar-refractivity contribution in [3.05, 3.63) is 28.3 Å². The summed E-state index contributed by atoms with van der Waals surface area (Å²) in [6.45, 7) is 1.24. The number of rotatable bonds is 4. The summed E-state index contributed by atoms with van der Waals surface area (Å²) in [4.78, 5) is 24.4. The summed E-state index contributed by atoms with van der Waals surface area (Å²) in [6, 6.07) is 4.23. The highest BCUT2D eigenvalue weighted by atomic mass is 16.6. The number of carbonyl (C=O) groups is 1. The Labute approximate surface area is 122 Å². The fourth-order valence-electron chi connectivity index (χ4n) is 2.31. The number of morpholine rings is 1. The Bertz CT molecular complexity index is 549. The molecule has 1 amide bonds. The summed E-state index contributed by atoms with van der Waals surface area (Å²) in [7, 11) is 3.25. The van der Waals surface area contributed by atoms with Crippen LogP contribution in [-0.2, 0) is 9.53 Å². The van der Waals surface area contributed by atoms with Crippen LogP contribution >= 0.6 is 0 Å². The zero-order valence-electron chi connectivity index (χ0n) is 12.0. The topological polar surface area (TPSA) is 96.7 Å².